The van der Waals surface area contributed by atoms with Gasteiger partial charge in [0.2, 0.25) is 17.5 Å². The van der Waals surface area contributed by atoms with Crippen LogP contribution in [0.3, 0.4) is 0 Å². The number of aromatic nitrogens is 3. The molecule has 0 radical (unpaired) electrons. The smallest absolute Gasteiger partial charge is 0.290 e. The van der Waals surface area contributed by atoms with E-state index in [-0.39, 0.29) is 23.6 Å². The first-order valence-electron chi connectivity index (χ1n) is 9.50. The van der Waals surface area contributed by atoms with E-state index in [4.69, 9.17) is 8.94 Å². The average Bonchev–Trinajstić information content (AvgIpc) is 3.32. The van der Waals surface area contributed by atoms with E-state index in [0.29, 0.717) is 17.5 Å². The van der Waals surface area contributed by atoms with E-state index < -0.39 is 0 Å². The molecular formula is C20H21N5O3. The second-order valence-corrected chi connectivity index (χ2v) is 7.68. The largest absolute Gasteiger partial charge is 0.425 e. The Morgan fingerprint density at radius 3 is 2.54 bits per heavy atom. The quantitative estimate of drug-likeness (QED) is 0.727. The van der Waals surface area contributed by atoms with Crippen molar-refractivity contribution in [1.82, 2.24) is 25.6 Å². The molecule has 144 valence electrons. The van der Waals surface area contributed by atoms with Gasteiger partial charge in [0.05, 0.1) is 5.92 Å². The maximum atomic E-state index is 12.4. The van der Waals surface area contributed by atoms with E-state index in [9.17, 15) is 4.79 Å². The predicted molar refractivity (Wildman–Crippen MR) is 99.7 cm³/mol. The van der Waals surface area contributed by atoms with Crippen LogP contribution >= 0.6 is 0 Å². The zero-order chi connectivity index (χ0) is 19.1. The van der Waals surface area contributed by atoms with Crippen molar-refractivity contribution in [3.63, 3.8) is 0 Å². The number of carbonyl (C=O) groups excluding carboxylic acids is 1. The van der Waals surface area contributed by atoms with Gasteiger partial charge in [0.1, 0.15) is 5.69 Å². The summed E-state index contributed by atoms with van der Waals surface area (Å²) in [4.78, 5) is 14.6. The number of nitrogens with zero attached hydrogens (tertiary/aromatic N) is 4. The third-order valence-electron chi connectivity index (χ3n) is 5.50. The lowest BCUT2D eigenvalue weighted by Gasteiger charge is -2.34. The summed E-state index contributed by atoms with van der Waals surface area (Å²) < 4.78 is 11.1. The summed E-state index contributed by atoms with van der Waals surface area (Å²) in [5, 5.41) is 15.4. The molecule has 0 spiro atoms. The van der Waals surface area contributed by atoms with Crippen LogP contribution in [0.1, 0.15) is 47.0 Å². The van der Waals surface area contributed by atoms with Crippen molar-refractivity contribution in [2.45, 2.75) is 30.7 Å². The second kappa shape index (κ2) is 6.87. The summed E-state index contributed by atoms with van der Waals surface area (Å²) in [5.74, 6) is 1.95. The first-order valence-corrected chi connectivity index (χ1v) is 9.50. The molecule has 1 aliphatic carbocycles. The Hall–Kier alpha value is -3.00. The van der Waals surface area contributed by atoms with E-state index in [1.54, 1.807) is 6.07 Å². The van der Waals surface area contributed by atoms with E-state index >= 15 is 0 Å². The Balaban J connectivity index is 1.15. The first kappa shape index (κ1) is 17.1. The molecule has 0 atom stereocenters. The molecule has 1 aliphatic heterocycles. The van der Waals surface area contributed by atoms with Crippen molar-refractivity contribution >= 4 is 5.91 Å². The molecule has 3 aromatic rings. The van der Waals surface area contributed by atoms with Gasteiger partial charge in [-0.25, -0.2) is 0 Å². The summed E-state index contributed by atoms with van der Waals surface area (Å²) in [6.45, 7) is 1.93. The molecule has 8 nitrogen and oxygen atoms in total. The number of benzene rings is 1. The Morgan fingerprint density at radius 2 is 1.82 bits per heavy atom. The normalized spacial score (nSPS) is 22.5. The van der Waals surface area contributed by atoms with Gasteiger partial charge in [-0.3, -0.25) is 4.79 Å². The fraction of sp³-hybridized carbons (Fsp3) is 0.400. The molecule has 1 amide bonds. The van der Waals surface area contributed by atoms with Gasteiger partial charge < -0.3 is 19.2 Å². The number of hydrogen-bond donors (Lipinski definition) is 1. The molecule has 0 unspecified atom stereocenters. The van der Waals surface area contributed by atoms with Crippen LogP contribution in [0, 0.1) is 0 Å². The molecule has 1 aromatic carbocycles. The van der Waals surface area contributed by atoms with Gasteiger partial charge in [0.25, 0.3) is 5.91 Å². The minimum absolute atomic E-state index is 0.0768. The number of rotatable bonds is 5. The lowest BCUT2D eigenvalue weighted by atomic mass is 9.80. The SMILES string of the molecule is CN1CC(c2nnc(C3CC(NC(=O)c4cc(-c5ccccc5)no4)C3)o2)C1. The number of nitrogens with one attached hydrogen (secondary N) is 1. The van der Waals surface area contributed by atoms with E-state index in [0.717, 1.165) is 37.4 Å². The maximum absolute atomic E-state index is 12.4. The lowest BCUT2D eigenvalue weighted by Crippen LogP contribution is -2.43. The monoisotopic (exact) mass is 379 g/mol. The summed E-state index contributed by atoms with van der Waals surface area (Å²) in [6, 6.07) is 11.4. The molecule has 28 heavy (non-hydrogen) atoms. The van der Waals surface area contributed by atoms with Crippen molar-refractivity contribution in [2.75, 3.05) is 20.1 Å². The zero-order valence-corrected chi connectivity index (χ0v) is 15.5. The van der Waals surface area contributed by atoms with Gasteiger partial charge in [-0.15, -0.1) is 10.2 Å². The van der Waals surface area contributed by atoms with Gasteiger partial charge >= 0.3 is 0 Å². The van der Waals surface area contributed by atoms with Crippen molar-refractivity contribution < 1.29 is 13.7 Å². The van der Waals surface area contributed by atoms with Crippen LogP contribution < -0.4 is 5.32 Å². The van der Waals surface area contributed by atoms with E-state index in [2.05, 4.69) is 32.6 Å². The number of carbonyl (C=O) groups is 1. The summed E-state index contributed by atoms with van der Waals surface area (Å²) in [7, 11) is 2.07. The summed E-state index contributed by atoms with van der Waals surface area (Å²) >= 11 is 0. The fourth-order valence-electron chi connectivity index (χ4n) is 3.75. The predicted octanol–water partition coefficient (Wildman–Crippen LogP) is 2.43. The Bertz CT molecular complexity index is 971. The molecule has 1 N–H and O–H groups in total. The molecule has 5 rings (SSSR count). The van der Waals surface area contributed by atoms with Crippen LogP contribution in [-0.2, 0) is 0 Å². The number of hydrogen-bond acceptors (Lipinski definition) is 7. The highest BCUT2D eigenvalue weighted by molar-refractivity contribution is 5.92. The highest BCUT2D eigenvalue weighted by atomic mass is 16.5. The van der Waals surface area contributed by atoms with Crippen molar-refractivity contribution in [1.29, 1.82) is 0 Å². The molecule has 2 fully saturated rings. The third kappa shape index (κ3) is 3.20. The Morgan fingerprint density at radius 1 is 1.11 bits per heavy atom. The van der Waals surface area contributed by atoms with Crippen LogP contribution in [-0.4, -0.2) is 52.3 Å². The van der Waals surface area contributed by atoms with Crippen LogP contribution in [0.4, 0.5) is 0 Å². The average molecular weight is 379 g/mol. The van der Waals surface area contributed by atoms with Gasteiger partial charge in [-0.1, -0.05) is 35.5 Å². The van der Waals surface area contributed by atoms with Crippen LogP contribution in [0.5, 0.6) is 0 Å². The minimum Gasteiger partial charge on any atom is -0.425 e. The minimum atomic E-state index is -0.248. The topological polar surface area (TPSA) is 97.3 Å². The fourth-order valence-corrected chi connectivity index (χ4v) is 3.75. The van der Waals surface area contributed by atoms with E-state index in [1.165, 1.54) is 0 Å². The lowest BCUT2D eigenvalue weighted by molar-refractivity contribution is 0.0864. The van der Waals surface area contributed by atoms with Crippen molar-refractivity contribution in [2.24, 2.45) is 0 Å². The second-order valence-electron chi connectivity index (χ2n) is 7.68. The van der Waals surface area contributed by atoms with Crippen molar-refractivity contribution in [3.05, 3.63) is 53.9 Å². The highest BCUT2D eigenvalue weighted by Gasteiger charge is 2.37. The van der Waals surface area contributed by atoms with E-state index in [1.807, 2.05) is 30.3 Å². The molecule has 2 aromatic heterocycles. The maximum Gasteiger partial charge on any atom is 0.290 e. The van der Waals surface area contributed by atoms with Gasteiger partial charge in [0.15, 0.2) is 0 Å². The molecule has 2 aliphatic rings. The molecular weight excluding hydrogens is 358 g/mol. The van der Waals surface area contributed by atoms with Crippen LogP contribution in [0.25, 0.3) is 11.3 Å². The highest BCUT2D eigenvalue weighted by Crippen LogP contribution is 2.37. The number of likely N-dealkylation sites (N-methyl/N-ethyl adjacent to an activating group) is 1. The molecule has 8 heteroatoms. The standard InChI is InChI=1S/C20H21N5O3/c1-25-10-14(11-25)20-23-22-19(27-20)13-7-15(8-13)21-18(26)17-9-16(24-28-17)12-5-3-2-4-6-12/h2-6,9,13-15H,7-8,10-11H2,1H3,(H,21,26). The molecule has 1 saturated carbocycles. The number of likely N-dealkylation sites (tertiary alicyclic amines) is 1. The van der Waals surface area contributed by atoms with Gasteiger partial charge in [-0.2, -0.15) is 0 Å². The first-order chi connectivity index (χ1) is 13.7. The zero-order valence-electron chi connectivity index (χ0n) is 15.5. The third-order valence-corrected chi connectivity index (χ3v) is 5.50. The van der Waals surface area contributed by atoms with Gasteiger partial charge in [-0.05, 0) is 19.9 Å². The Kier molecular flexibility index (Phi) is 4.20. The molecule has 0 bridgehead atoms. The van der Waals surface area contributed by atoms with Crippen LogP contribution in [0.2, 0.25) is 0 Å². The van der Waals surface area contributed by atoms with Crippen LogP contribution in [0.15, 0.2) is 45.3 Å². The van der Waals surface area contributed by atoms with Crippen molar-refractivity contribution in [3.8, 4) is 11.3 Å². The summed E-state index contributed by atoms with van der Waals surface area (Å²) in [5.41, 5.74) is 1.57. The number of amides is 1. The molecule has 1 saturated heterocycles. The summed E-state index contributed by atoms with van der Waals surface area (Å²) in [6.07, 6.45) is 1.58. The van der Waals surface area contributed by atoms with Gasteiger partial charge in [0, 0.05) is 36.7 Å². The molecule has 3 heterocycles. The Labute approximate surface area is 161 Å².